The van der Waals surface area contributed by atoms with E-state index in [9.17, 15) is 64.8 Å². The van der Waals surface area contributed by atoms with E-state index < -0.39 is 92.5 Å². The first-order valence-electron chi connectivity index (χ1n) is 4.43. The van der Waals surface area contributed by atoms with Gasteiger partial charge in [0.1, 0.15) is 0 Å². The molecule has 0 saturated heterocycles. The zero-order valence-electron chi connectivity index (χ0n) is 10.1. The zero-order chi connectivity index (χ0) is 19.5. The van der Waals surface area contributed by atoms with Crippen LogP contribution in [-0.4, -0.2) is 88.2 Å². The standard InChI is InChI=1S/C4F9O6S3.K/c5-2(6,7)20(14,15)1(21(16,17)3(8,9)10)22(18,19)4(11,12)13;. The molecule has 0 N–H and O–H groups in total. The molecule has 0 fully saturated rings. The maximum atomic E-state index is 12.3. The van der Waals surface area contributed by atoms with Gasteiger partial charge in [0.15, 0.2) is 0 Å². The van der Waals surface area contributed by atoms with Crippen LogP contribution in [0.4, 0.5) is 39.5 Å². The fraction of sp³-hybridized carbons (Fsp3) is 1.00. The van der Waals surface area contributed by atoms with Crippen molar-refractivity contribution in [3.05, 3.63) is 0 Å². The third-order valence-electron chi connectivity index (χ3n) is 2.38. The molecule has 0 heterocycles. The second-order valence-electron chi connectivity index (χ2n) is 3.71. The summed E-state index contributed by atoms with van der Waals surface area (Å²) in [4.78, 5) is 0. The predicted octanol–water partition coefficient (Wildman–Crippen LogP) is 0.570. The Kier molecular flexibility index (Phi) is 6.17. The summed E-state index contributed by atoms with van der Waals surface area (Å²) in [5, 5.41) is 0. The molecule has 0 bridgehead atoms. The fourth-order valence-electron chi connectivity index (χ4n) is 1.06. The third kappa shape index (κ3) is 3.30. The molecule has 6 nitrogen and oxygen atoms in total. The van der Waals surface area contributed by atoms with E-state index >= 15 is 0 Å². The van der Waals surface area contributed by atoms with Gasteiger partial charge in [-0.15, -0.1) is 0 Å². The average molecular weight is 450 g/mol. The normalized spacial score (nSPS) is 16.5. The van der Waals surface area contributed by atoms with Crippen molar-refractivity contribution in [1.29, 1.82) is 0 Å². The molecule has 0 amide bonds. The van der Waals surface area contributed by atoms with Gasteiger partial charge in [-0.1, -0.05) is 0 Å². The molecule has 134 valence electrons. The van der Waals surface area contributed by atoms with Gasteiger partial charge in [0, 0.05) is 0 Å². The zero-order valence-corrected chi connectivity index (χ0v) is 15.6. The van der Waals surface area contributed by atoms with Crippen LogP contribution in [0.3, 0.4) is 0 Å². The van der Waals surface area contributed by atoms with Gasteiger partial charge in [-0.05, 0) is 0 Å². The van der Waals surface area contributed by atoms with Crippen molar-refractivity contribution in [2.24, 2.45) is 0 Å². The van der Waals surface area contributed by atoms with Crippen molar-refractivity contribution in [2.45, 2.75) is 14.0 Å². The predicted molar refractivity (Wildman–Crippen MR) is 53.4 cm³/mol. The molecule has 0 aromatic carbocycles. The Morgan fingerprint density at radius 1 is 0.478 bits per heavy atom. The minimum absolute atomic E-state index is 3.23. The molecule has 0 spiro atoms. The van der Waals surface area contributed by atoms with Crippen molar-refractivity contribution in [2.75, 3.05) is 0 Å². The molecule has 0 saturated carbocycles. The van der Waals surface area contributed by atoms with E-state index in [-0.39, 0.29) is 0 Å². The van der Waals surface area contributed by atoms with Gasteiger partial charge in [-0.3, -0.25) is 0 Å². The molecule has 0 aliphatic carbocycles. The molecule has 0 radical (unpaired) electrons. The van der Waals surface area contributed by atoms with Crippen molar-refractivity contribution in [3.63, 3.8) is 0 Å². The number of sulfone groups is 3. The van der Waals surface area contributed by atoms with Crippen molar-refractivity contribution in [3.8, 4) is 0 Å². The number of alkyl halides is 9. The summed E-state index contributed by atoms with van der Waals surface area (Å²) in [6, 6.07) is 0. The van der Waals surface area contributed by atoms with Gasteiger partial charge < -0.3 is 0 Å². The van der Waals surface area contributed by atoms with Crippen LogP contribution >= 0.6 is 0 Å². The average Bonchev–Trinajstić information content (AvgIpc) is 2.22. The van der Waals surface area contributed by atoms with Crippen LogP contribution in [0, 0.1) is 0 Å². The number of hydrogen-bond acceptors (Lipinski definition) is 6. The summed E-state index contributed by atoms with van der Waals surface area (Å²) in [6.45, 7) is 0. The van der Waals surface area contributed by atoms with E-state index in [1.807, 2.05) is 0 Å². The topological polar surface area (TPSA) is 102 Å². The number of halogens is 9. The molecule has 0 aliphatic heterocycles. The summed E-state index contributed by atoms with van der Waals surface area (Å²) in [5.41, 5.74) is -21.0. The Hall–Kier alpha value is 0.856. The first-order chi connectivity index (χ1) is 9.50. The molecule has 0 rings (SSSR count). The van der Waals surface area contributed by atoms with Crippen LogP contribution in [0.25, 0.3) is 0 Å². The first kappa shape index (κ1) is 23.9. The van der Waals surface area contributed by atoms with E-state index in [2.05, 4.69) is 0 Å². The first-order valence-corrected chi connectivity index (χ1v) is 10.4. The van der Waals surface area contributed by atoms with Crippen LogP contribution in [-0.2, 0) is 29.5 Å². The summed E-state index contributed by atoms with van der Waals surface area (Å²) >= 11 is -3.23. The maximum absolute atomic E-state index is 12.3. The second-order valence-corrected chi connectivity index (χ2v) is 17.1. The molecule has 0 unspecified atom stereocenters. The van der Waals surface area contributed by atoms with Crippen LogP contribution < -0.4 is 0 Å². The monoisotopic (exact) mass is 450 g/mol. The quantitative estimate of drug-likeness (QED) is 0.460. The second kappa shape index (κ2) is 5.94. The van der Waals surface area contributed by atoms with Crippen molar-refractivity contribution in [1.82, 2.24) is 0 Å². The van der Waals surface area contributed by atoms with E-state index in [4.69, 9.17) is 0 Å². The van der Waals surface area contributed by atoms with Crippen LogP contribution in [0.1, 0.15) is 0 Å². The van der Waals surface area contributed by atoms with Gasteiger partial charge >= 0.3 is 157 Å². The summed E-state index contributed by atoms with van der Waals surface area (Å²) in [5.74, 6) is 0. The van der Waals surface area contributed by atoms with Crippen LogP contribution in [0.5, 0.6) is 0 Å². The van der Waals surface area contributed by atoms with Crippen LogP contribution in [0.2, 0.25) is 0 Å². The van der Waals surface area contributed by atoms with E-state index in [0.29, 0.717) is 0 Å². The number of hydrogen-bond donors (Lipinski definition) is 0. The Morgan fingerprint density at radius 2 is 0.609 bits per heavy atom. The SMILES string of the molecule is O=S(=O)(C(F)(F)F)[C]([K])(S(=O)(=O)C(F)(F)F)S(=O)(=O)C(F)(F)F. The van der Waals surface area contributed by atoms with Crippen molar-refractivity contribution < 1.29 is 64.8 Å². The van der Waals surface area contributed by atoms with Gasteiger partial charge in [0.2, 0.25) is 0 Å². The van der Waals surface area contributed by atoms with Gasteiger partial charge in [-0.2, -0.15) is 0 Å². The number of rotatable bonds is 3. The van der Waals surface area contributed by atoms with Gasteiger partial charge in [0.05, 0.1) is 0 Å². The molecule has 0 aliphatic rings. The van der Waals surface area contributed by atoms with E-state index in [1.165, 1.54) is 0 Å². The molecule has 23 heavy (non-hydrogen) atoms. The molecule has 0 aromatic heterocycles. The molecular weight excluding hydrogens is 450 g/mol. The fourth-order valence-corrected chi connectivity index (χ4v) is 10.7. The van der Waals surface area contributed by atoms with Crippen molar-refractivity contribution >= 4 is 78.5 Å². The Balaban J connectivity index is 7.45. The summed E-state index contributed by atoms with van der Waals surface area (Å²) in [6.07, 6.45) is 0. The Bertz CT molecular complexity index is 674. The van der Waals surface area contributed by atoms with Gasteiger partial charge in [-0.25, -0.2) is 0 Å². The summed E-state index contributed by atoms with van der Waals surface area (Å²) < 4.78 is 171. The van der Waals surface area contributed by atoms with Crippen LogP contribution in [0.15, 0.2) is 0 Å². The third-order valence-corrected chi connectivity index (χ3v) is 18.6. The Labute approximate surface area is 155 Å². The van der Waals surface area contributed by atoms with E-state index in [1.54, 1.807) is 0 Å². The molecular formula is C4F9KO6S3. The van der Waals surface area contributed by atoms with E-state index in [0.717, 1.165) is 0 Å². The summed E-state index contributed by atoms with van der Waals surface area (Å²) in [7, 11) is -23.9. The Morgan fingerprint density at radius 3 is 0.696 bits per heavy atom. The van der Waals surface area contributed by atoms with Gasteiger partial charge in [0.25, 0.3) is 0 Å². The minimum atomic E-state index is -7.95. The molecule has 19 heteroatoms. The molecule has 0 aromatic rings. The molecule has 0 atom stereocenters.